The van der Waals surface area contributed by atoms with Gasteiger partial charge in [0.1, 0.15) is 17.1 Å². The summed E-state index contributed by atoms with van der Waals surface area (Å²) in [6.45, 7) is 0. The Hall–Kier alpha value is -3.34. The standard InChI is InChI=1S/C19H11N3O2/c1-24-10-8-13-16-15-12(6-7-20-16)11-4-2-3-5-14(11)22-18(15)19(23)17(13)21-9-10/h2-9H,1H3. The third-order valence-electron chi connectivity index (χ3n) is 4.40. The topological polar surface area (TPSA) is 65.0 Å². The van der Waals surface area contributed by atoms with E-state index in [2.05, 4.69) is 15.0 Å². The van der Waals surface area contributed by atoms with Crippen LogP contribution in [0.1, 0.15) is 16.2 Å². The molecule has 0 saturated carbocycles. The lowest BCUT2D eigenvalue weighted by Crippen LogP contribution is -2.15. The maximum absolute atomic E-state index is 12.9. The zero-order valence-electron chi connectivity index (χ0n) is 12.8. The molecule has 0 N–H and O–H groups in total. The summed E-state index contributed by atoms with van der Waals surface area (Å²) in [6.07, 6.45) is 3.30. The van der Waals surface area contributed by atoms with Gasteiger partial charge in [-0.2, -0.15) is 0 Å². The number of para-hydroxylation sites is 1. The van der Waals surface area contributed by atoms with Crippen molar-refractivity contribution in [3.8, 4) is 17.0 Å². The number of hydrogen-bond donors (Lipinski definition) is 0. The van der Waals surface area contributed by atoms with Crippen LogP contribution in [-0.2, 0) is 0 Å². The first-order valence-corrected chi connectivity index (χ1v) is 7.54. The highest BCUT2D eigenvalue weighted by molar-refractivity contribution is 6.26. The van der Waals surface area contributed by atoms with E-state index in [1.165, 1.54) is 0 Å². The number of aromatic nitrogens is 3. The number of methoxy groups -OCH3 is 1. The van der Waals surface area contributed by atoms with Crippen molar-refractivity contribution in [2.45, 2.75) is 0 Å². The molecule has 24 heavy (non-hydrogen) atoms. The highest BCUT2D eigenvalue weighted by Gasteiger charge is 2.30. The maximum atomic E-state index is 12.9. The van der Waals surface area contributed by atoms with Crippen molar-refractivity contribution in [2.24, 2.45) is 0 Å². The van der Waals surface area contributed by atoms with Gasteiger partial charge < -0.3 is 4.74 Å². The molecule has 0 unspecified atom stereocenters. The summed E-state index contributed by atoms with van der Waals surface area (Å²) in [7, 11) is 1.57. The van der Waals surface area contributed by atoms with E-state index >= 15 is 0 Å². The van der Waals surface area contributed by atoms with Crippen LogP contribution in [0.25, 0.3) is 32.9 Å². The fraction of sp³-hybridized carbons (Fsp3) is 0.0526. The van der Waals surface area contributed by atoms with Crippen molar-refractivity contribution < 1.29 is 9.53 Å². The van der Waals surface area contributed by atoms with E-state index in [1.54, 1.807) is 25.6 Å². The Morgan fingerprint density at radius 3 is 2.71 bits per heavy atom. The van der Waals surface area contributed by atoms with Gasteiger partial charge >= 0.3 is 0 Å². The molecule has 3 aromatic heterocycles. The van der Waals surface area contributed by atoms with Gasteiger partial charge in [-0.3, -0.25) is 9.78 Å². The van der Waals surface area contributed by atoms with Gasteiger partial charge in [-0.1, -0.05) is 18.2 Å². The molecular formula is C19H11N3O2. The first-order chi connectivity index (χ1) is 11.8. The molecule has 0 saturated heterocycles. The lowest BCUT2D eigenvalue weighted by molar-refractivity contribution is 0.103. The van der Waals surface area contributed by atoms with Crippen LogP contribution in [0.4, 0.5) is 0 Å². The Morgan fingerprint density at radius 2 is 1.83 bits per heavy atom. The maximum Gasteiger partial charge on any atom is 0.231 e. The van der Waals surface area contributed by atoms with Crippen molar-refractivity contribution in [3.63, 3.8) is 0 Å². The van der Waals surface area contributed by atoms with Crippen LogP contribution in [0, 0.1) is 0 Å². The fourth-order valence-electron chi connectivity index (χ4n) is 3.30. The average Bonchev–Trinajstić information content (AvgIpc) is 2.65. The minimum absolute atomic E-state index is 0.177. The molecule has 1 aliphatic carbocycles. The number of nitrogens with zero attached hydrogens (tertiary/aromatic N) is 3. The molecule has 114 valence electrons. The van der Waals surface area contributed by atoms with Crippen LogP contribution in [-0.4, -0.2) is 27.8 Å². The number of ketones is 1. The Kier molecular flexibility index (Phi) is 2.51. The van der Waals surface area contributed by atoms with E-state index in [1.807, 2.05) is 30.3 Å². The summed E-state index contributed by atoms with van der Waals surface area (Å²) in [4.78, 5) is 26.3. The number of benzene rings is 1. The molecule has 3 heterocycles. The molecule has 0 atom stereocenters. The van der Waals surface area contributed by atoms with Gasteiger partial charge in [-0.05, 0) is 23.6 Å². The van der Waals surface area contributed by atoms with Gasteiger partial charge in [-0.25, -0.2) is 9.97 Å². The highest BCUT2D eigenvalue weighted by Crippen LogP contribution is 2.39. The lowest BCUT2D eigenvalue weighted by atomic mass is 9.90. The second-order valence-corrected chi connectivity index (χ2v) is 5.66. The molecule has 4 aromatic rings. The summed E-state index contributed by atoms with van der Waals surface area (Å²) >= 11 is 0. The van der Waals surface area contributed by atoms with Crippen LogP contribution in [0.5, 0.6) is 5.75 Å². The minimum atomic E-state index is -0.177. The number of fused-ring (bicyclic) bond motifs is 4. The quantitative estimate of drug-likeness (QED) is 0.444. The van der Waals surface area contributed by atoms with Crippen LogP contribution in [0.15, 0.2) is 48.8 Å². The first kappa shape index (κ1) is 13.1. The second kappa shape index (κ2) is 4.58. The Balaban J connectivity index is 2.01. The Morgan fingerprint density at radius 1 is 0.958 bits per heavy atom. The third kappa shape index (κ3) is 1.58. The summed E-state index contributed by atoms with van der Waals surface area (Å²) in [5.41, 5.74) is 2.99. The van der Waals surface area contributed by atoms with Gasteiger partial charge in [0.15, 0.2) is 0 Å². The highest BCUT2D eigenvalue weighted by atomic mass is 16.5. The Labute approximate surface area is 137 Å². The predicted molar refractivity (Wildman–Crippen MR) is 90.3 cm³/mol. The molecule has 1 aliphatic rings. The van der Waals surface area contributed by atoms with E-state index in [9.17, 15) is 4.79 Å². The van der Waals surface area contributed by atoms with E-state index < -0.39 is 0 Å². The normalized spacial score (nSPS) is 12.5. The number of hydrogen-bond acceptors (Lipinski definition) is 5. The second-order valence-electron chi connectivity index (χ2n) is 5.66. The smallest absolute Gasteiger partial charge is 0.231 e. The van der Waals surface area contributed by atoms with E-state index in [0.717, 1.165) is 27.4 Å². The average molecular weight is 313 g/mol. The zero-order valence-corrected chi connectivity index (χ0v) is 12.8. The molecule has 0 amide bonds. The molecule has 0 spiro atoms. The SMILES string of the molecule is COc1cnc2c(c1)-c1nccc3c1c(nc1ccccc13)C2=O. The number of carbonyl (C=O) groups is 1. The molecule has 5 nitrogen and oxygen atoms in total. The minimum Gasteiger partial charge on any atom is -0.495 e. The molecular weight excluding hydrogens is 302 g/mol. The van der Waals surface area contributed by atoms with E-state index in [0.29, 0.717) is 22.7 Å². The lowest BCUT2D eigenvalue weighted by Gasteiger charge is -2.19. The van der Waals surface area contributed by atoms with Crippen LogP contribution < -0.4 is 4.74 Å². The van der Waals surface area contributed by atoms with Gasteiger partial charge in [0.05, 0.1) is 24.5 Å². The number of pyridine rings is 3. The van der Waals surface area contributed by atoms with E-state index in [4.69, 9.17) is 4.74 Å². The van der Waals surface area contributed by atoms with Crippen molar-refractivity contribution in [1.29, 1.82) is 0 Å². The largest absolute Gasteiger partial charge is 0.495 e. The van der Waals surface area contributed by atoms with Crippen LogP contribution >= 0.6 is 0 Å². The fourth-order valence-corrected chi connectivity index (χ4v) is 3.30. The molecule has 1 aromatic carbocycles. The summed E-state index contributed by atoms with van der Waals surface area (Å²) in [5, 5.41) is 2.76. The molecule has 0 fully saturated rings. The molecule has 5 rings (SSSR count). The molecule has 0 aliphatic heterocycles. The summed E-state index contributed by atoms with van der Waals surface area (Å²) in [5.74, 6) is 0.418. The van der Waals surface area contributed by atoms with Crippen LogP contribution in [0.3, 0.4) is 0 Å². The van der Waals surface area contributed by atoms with Gasteiger partial charge in [-0.15, -0.1) is 0 Å². The number of rotatable bonds is 1. The van der Waals surface area contributed by atoms with Gasteiger partial charge in [0.2, 0.25) is 5.78 Å². The molecule has 0 bridgehead atoms. The molecule has 0 radical (unpaired) electrons. The summed E-state index contributed by atoms with van der Waals surface area (Å²) in [6, 6.07) is 11.5. The monoisotopic (exact) mass is 313 g/mol. The zero-order chi connectivity index (χ0) is 16.3. The summed E-state index contributed by atoms with van der Waals surface area (Å²) < 4.78 is 5.25. The van der Waals surface area contributed by atoms with Crippen LogP contribution in [0.2, 0.25) is 0 Å². The van der Waals surface area contributed by atoms with Gasteiger partial charge in [0, 0.05) is 22.5 Å². The van der Waals surface area contributed by atoms with Crippen molar-refractivity contribution >= 4 is 27.5 Å². The molecule has 5 heteroatoms. The third-order valence-corrected chi connectivity index (χ3v) is 4.40. The Bertz CT molecular complexity index is 1170. The van der Waals surface area contributed by atoms with Crippen molar-refractivity contribution in [2.75, 3.05) is 7.11 Å². The van der Waals surface area contributed by atoms with Gasteiger partial charge in [0.25, 0.3) is 0 Å². The number of ether oxygens (including phenoxy) is 1. The van der Waals surface area contributed by atoms with E-state index in [-0.39, 0.29) is 5.78 Å². The van der Waals surface area contributed by atoms with Crippen molar-refractivity contribution in [3.05, 3.63) is 60.2 Å². The van der Waals surface area contributed by atoms with Crippen molar-refractivity contribution in [1.82, 2.24) is 15.0 Å². The number of carbonyl (C=O) groups excluding carboxylic acids is 1. The first-order valence-electron chi connectivity index (χ1n) is 7.54. The predicted octanol–water partition coefficient (Wildman–Crippen LogP) is 3.40.